The van der Waals surface area contributed by atoms with E-state index in [4.69, 9.17) is 14.9 Å². The minimum absolute atomic E-state index is 0.0200. The Morgan fingerprint density at radius 1 is 1.03 bits per heavy atom. The number of aliphatic carboxylic acids is 1. The number of aliphatic hydroxyl groups excluding tert-OH is 1. The van der Waals surface area contributed by atoms with Crippen LogP contribution in [0.3, 0.4) is 0 Å². The lowest BCUT2D eigenvalue weighted by Crippen LogP contribution is -2.40. The highest BCUT2D eigenvalue weighted by Crippen LogP contribution is 2.55. The van der Waals surface area contributed by atoms with Crippen LogP contribution in [-0.2, 0) is 14.3 Å². The number of hydrogen-bond acceptors (Lipinski definition) is 5. The van der Waals surface area contributed by atoms with Crippen molar-refractivity contribution in [3.8, 4) is 11.1 Å². The number of amides is 2. The second kappa shape index (κ2) is 9.38. The summed E-state index contributed by atoms with van der Waals surface area (Å²) in [6.45, 7) is -2.20. The molecule has 2 aliphatic carbocycles. The van der Waals surface area contributed by atoms with E-state index in [0.29, 0.717) is 4.90 Å². The van der Waals surface area contributed by atoms with Crippen LogP contribution in [0.2, 0.25) is 0 Å². The Kier molecular flexibility index (Phi) is 6.52. The largest absolute Gasteiger partial charge is 0.480 e. The lowest BCUT2D eigenvalue weighted by Gasteiger charge is -2.19. The Morgan fingerprint density at radius 2 is 1.62 bits per heavy atom. The number of alkyl carbamates (subject to hydrolysis) is 1. The minimum Gasteiger partial charge on any atom is -0.480 e. The van der Waals surface area contributed by atoms with Crippen molar-refractivity contribution >= 4 is 18.0 Å². The highest BCUT2D eigenvalue weighted by molar-refractivity contribution is 5.87. The molecule has 4 rings (SSSR count). The molecule has 34 heavy (non-hydrogen) atoms. The van der Waals surface area contributed by atoms with Gasteiger partial charge in [0.25, 0.3) is 5.92 Å². The second-order valence-corrected chi connectivity index (χ2v) is 8.34. The molecule has 0 radical (unpaired) electrons. The quantitative estimate of drug-likeness (QED) is 0.514. The highest BCUT2D eigenvalue weighted by atomic mass is 19.3. The van der Waals surface area contributed by atoms with Gasteiger partial charge < -0.3 is 25.2 Å². The van der Waals surface area contributed by atoms with E-state index in [1.165, 1.54) is 0 Å². The van der Waals surface area contributed by atoms with Crippen LogP contribution in [0.5, 0.6) is 0 Å². The number of ether oxygens (including phenoxy) is 1. The molecule has 180 valence electrons. The van der Waals surface area contributed by atoms with E-state index < -0.39 is 55.4 Å². The molecule has 2 aromatic carbocycles. The van der Waals surface area contributed by atoms with Crippen LogP contribution in [0.4, 0.5) is 13.6 Å². The molecule has 0 saturated heterocycles. The zero-order valence-corrected chi connectivity index (χ0v) is 18.1. The molecular weight excluding hydrogens is 450 g/mol. The van der Waals surface area contributed by atoms with Crippen LogP contribution < -0.4 is 5.32 Å². The molecule has 8 nitrogen and oxygen atoms in total. The number of rotatable bonds is 9. The highest BCUT2D eigenvalue weighted by Gasteiger charge is 2.72. The first-order chi connectivity index (χ1) is 16.3. The topological polar surface area (TPSA) is 116 Å². The predicted octanol–water partition coefficient (Wildman–Crippen LogP) is 2.31. The average Bonchev–Trinajstić information content (AvgIpc) is 3.21. The number of nitrogens with one attached hydrogen (secondary N) is 1. The lowest BCUT2D eigenvalue weighted by atomic mass is 9.98. The fraction of sp³-hybridized carbons (Fsp3) is 0.375. The number of carboxylic acids is 1. The van der Waals surface area contributed by atoms with E-state index in [1.54, 1.807) is 0 Å². The van der Waals surface area contributed by atoms with Crippen molar-refractivity contribution in [3.63, 3.8) is 0 Å². The molecule has 2 aliphatic rings. The van der Waals surface area contributed by atoms with Gasteiger partial charge in [-0.25, -0.2) is 13.6 Å². The van der Waals surface area contributed by atoms with Crippen molar-refractivity contribution in [2.45, 2.75) is 11.8 Å². The fourth-order valence-electron chi connectivity index (χ4n) is 4.57. The normalized spacial score (nSPS) is 19.6. The number of carboxylic acid groups (broad SMARTS) is 1. The van der Waals surface area contributed by atoms with Crippen LogP contribution in [0.1, 0.15) is 17.0 Å². The molecule has 2 unspecified atom stereocenters. The number of hydrogen-bond donors (Lipinski definition) is 3. The first kappa shape index (κ1) is 23.6. The van der Waals surface area contributed by atoms with Gasteiger partial charge in [-0.05, 0) is 22.3 Å². The second-order valence-electron chi connectivity index (χ2n) is 8.34. The van der Waals surface area contributed by atoms with Crippen molar-refractivity contribution in [2.24, 2.45) is 11.8 Å². The molecule has 1 fully saturated rings. The van der Waals surface area contributed by atoms with Gasteiger partial charge in [0, 0.05) is 19.0 Å². The number of alkyl halides is 2. The number of carbonyl (C=O) groups is 3. The summed E-state index contributed by atoms with van der Waals surface area (Å²) in [4.78, 5) is 36.2. The maximum Gasteiger partial charge on any atom is 0.407 e. The fourth-order valence-corrected chi connectivity index (χ4v) is 4.57. The standard InChI is InChI=1S/C24H24F2N2O6/c25-24(26)19(21(24)22(32)28(9-10-29)12-20(30)31)11-27-23(33)34-13-18-16-7-3-1-5-14(16)15-6-2-4-8-17(15)18/h1-8,18-19,21,29H,9-13H2,(H,27,33)(H,30,31). The van der Waals surface area contributed by atoms with Gasteiger partial charge in [-0.15, -0.1) is 0 Å². The Hall–Kier alpha value is -3.53. The average molecular weight is 474 g/mol. The molecular formula is C24H24F2N2O6. The number of carbonyl (C=O) groups excluding carboxylic acids is 2. The third-order valence-corrected chi connectivity index (χ3v) is 6.29. The van der Waals surface area contributed by atoms with Crippen molar-refractivity contribution < 1.29 is 38.1 Å². The summed E-state index contributed by atoms with van der Waals surface area (Å²) < 4.78 is 33.7. The first-order valence-corrected chi connectivity index (χ1v) is 10.8. The lowest BCUT2D eigenvalue weighted by molar-refractivity contribution is -0.146. The summed E-state index contributed by atoms with van der Waals surface area (Å²) in [7, 11) is 0. The van der Waals surface area contributed by atoms with Crippen LogP contribution in [0.25, 0.3) is 11.1 Å². The maximum absolute atomic E-state index is 14.2. The number of benzene rings is 2. The molecule has 2 amide bonds. The third-order valence-electron chi connectivity index (χ3n) is 6.29. The number of nitrogens with zero attached hydrogens (tertiary/aromatic N) is 1. The van der Waals surface area contributed by atoms with Crippen molar-refractivity contribution in [1.29, 1.82) is 0 Å². The SMILES string of the molecule is O=C(O)CN(CCO)C(=O)C1C(CNC(=O)OCC2c3ccccc3-c3ccccc32)C1(F)F. The molecule has 0 aliphatic heterocycles. The summed E-state index contributed by atoms with van der Waals surface area (Å²) in [5.74, 6) is -9.25. The van der Waals surface area contributed by atoms with E-state index in [9.17, 15) is 23.2 Å². The van der Waals surface area contributed by atoms with Gasteiger partial charge in [0.1, 0.15) is 19.1 Å². The van der Waals surface area contributed by atoms with Gasteiger partial charge in [0.2, 0.25) is 5.91 Å². The van der Waals surface area contributed by atoms with E-state index in [1.807, 2.05) is 48.5 Å². The van der Waals surface area contributed by atoms with Crippen molar-refractivity contribution in [2.75, 3.05) is 32.8 Å². The van der Waals surface area contributed by atoms with Crippen LogP contribution >= 0.6 is 0 Å². The molecule has 2 atom stereocenters. The molecule has 2 aromatic rings. The Morgan fingerprint density at radius 3 is 2.18 bits per heavy atom. The van der Waals surface area contributed by atoms with Gasteiger partial charge in [-0.3, -0.25) is 9.59 Å². The summed E-state index contributed by atoms with van der Waals surface area (Å²) in [5.41, 5.74) is 4.14. The zero-order chi connectivity index (χ0) is 24.5. The minimum atomic E-state index is -3.39. The zero-order valence-electron chi connectivity index (χ0n) is 18.1. The van der Waals surface area contributed by atoms with E-state index in [2.05, 4.69) is 5.32 Å². The van der Waals surface area contributed by atoms with Crippen molar-refractivity contribution in [3.05, 3.63) is 59.7 Å². The molecule has 10 heteroatoms. The van der Waals surface area contributed by atoms with Gasteiger partial charge in [-0.2, -0.15) is 0 Å². The van der Waals surface area contributed by atoms with Gasteiger partial charge in [-0.1, -0.05) is 48.5 Å². The molecule has 0 spiro atoms. The summed E-state index contributed by atoms with van der Waals surface area (Å²) in [5, 5.41) is 20.2. The van der Waals surface area contributed by atoms with Crippen LogP contribution in [-0.4, -0.2) is 71.9 Å². The van der Waals surface area contributed by atoms with Crippen LogP contribution in [0, 0.1) is 11.8 Å². The number of aliphatic hydroxyl groups is 1. The first-order valence-electron chi connectivity index (χ1n) is 10.8. The molecule has 1 saturated carbocycles. The van der Waals surface area contributed by atoms with E-state index in [0.717, 1.165) is 22.3 Å². The molecule has 3 N–H and O–H groups in total. The molecule has 0 aromatic heterocycles. The monoisotopic (exact) mass is 474 g/mol. The third kappa shape index (κ3) is 4.45. The number of fused-ring (bicyclic) bond motifs is 3. The Labute approximate surface area is 194 Å². The Balaban J connectivity index is 1.33. The van der Waals surface area contributed by atoms with E-state index >= 15 is 0 Å². The van der Waals surface area contributed by atoms with Crippen LogP contribution in [0.15, 0.2) is 48.5 Å². The maximum atomic E-state index is 14.2. The smallest absolute Gasteiger partial charge is 0.407 e. The van der Waals surface area contributed by atoms with Gasteiger partial charge in [0.05, 0.1) is 12.5 Å². The summed E-state index contributed by atoms with van der Waals surface area (Å²) in [6, 6.07) is 15.5. The molecule has 0 heterocycles. The molecule has 0 bridgehead atoms. The Bertz CT molecular complexity index is 1060. The number of halogens is 2. The summed E-state index contributed by atoms with van der Waals surface area (Å²) >= 11 is 0. The van der Waals surface area contributed by atoms with E-state index in [-0.39, 0.29) is 19.1 Å². The predicted molar refractivity (Wildman–Crippen MR) is 116 cm³/mol. The summed E-state index contributed by atoms with van der Waals surface area (Å²) in [6.07, 6.45) is -0.881. The van der Waals surface area contributed by atoms with Crippen molar-refractivity contribution in [1.82, 2.24) is 10.2 Å². The van der Waals surface area contributed by atoms with Gasteiger partial charge in [0.15, 0.2) is 0 Å². The van der Waals surface area contributed by atoms with Gasteiger partial charge >= 0.3 is 12.1 Å².